The van der Waals surface area contributed by atoms with Crippen molar-refractivity contribution in [2.24, 2.45) is 0 Å². The largest absolute Gasteiger partial charge is 0.491 e. The van der Waals surface area contributed by atoms with Crippen LogP contribution in [-0.4, -0.2) is 40.0 Å². The summed E-state index contributed by atoms with van der Waals surface area (Å²) >= 11 is 0. The van der Waals surface area contributed by atoms with Crippen molar-refractivity contribution in [1.29, 1.82) is 0 Å². The molecule has 0 bridgehead atoms. The topological polar surface area (TPSA) is 101 Å². The molecule has 2 heterocycles. The van der Waals surface area contributed by atoms with Crippen LogP contribution in [0.4, 0.5) is 5.69 Å². The smallest absolute Gasteiger partial charge is 0.304 e. The third-order valence-electron chi connectivity index (χ3n) is 7.11. The monoisotopic (exact) mass is 502 g/mol. The maximum Gasteiger partial charge on any atom is 0.304 e. The van der Waals surface area contributed by atoms with Crippen molar-refractivity contribution in [2.45, 2.75) is 64.5 Å². The molecule has 7 nitrogen and oxygen atoms in total. The lowest BCUT2D eigenvalue weighted by atomic mass is 9.90. The first-order valence-corrected chi connectivity index (χ1v) is 12.8. The van der Waals surface area contributed by atoms with Crippen LogP contribution in [0.3, 0.4) is 0 Å². The molecule has 2 atom stereocenters. The van der Waals surface area contributed by atoms with E-state index in [2.05, 4.69) is 42.3 Å². The summed E-state index contributed by atoms with van der Waals surface area (Å²) in [6.45, 7) is 8.28. The van der Waals surface area contributed by atoms with E-state index in [0.717, 1.165) is 41.1 Å². The third-order valence-corrected chi connectivity index (χ3v) is 7.11. The Labute approximate surface area is 217 Å². The van der Waals surface area contributed by atoms with Crippen molar-refractivity contribution in [1.82, 2.24) is 4.98 Å². The second kappa shape index (κ2) is 9.71. The summed E-state index contributed by atoms with van der Waals surface area (Å²) in [4.78, 5) is 15.7. The minimum absolute atomic E-state index is 0.0247. The van der Waals surface area contributed by atoms with Gasteiger partial charge >= 0.3 is 5.97 Å². The molecule has 2 aliphatic rings. The number of carboxylic acid groups (broad SMARTS) is 1. The lowest BCUT2D eigenvalue weighted by Crippen LogP contribution is -2.27. The number of nitrogens with zero attached hydrogens (tertiary/aromatic N) is 1. The van der Waals surface area contributed by atoms with Gasteiger partial charge in [0.25, 0.3) is 0 Å². The second-order valence-electron chi connectivity index (χ2n) is 10.9. The highest BCUT2D eigenvalue weighted by Crippen LogP contribution is 2.43. The molecule has 3 N–H and O–H groups in total. The zero-order valence-corrected chi connectivity index (χ0v) is 21.8. The zero-order chi connectivity index (χ0) is 26.3. The molecule has 37 heavy (non-hydrogen) atoms. The van der Waals surface area contributed by atoms with Gasteiger partial charge in [-0.05, 0) is 86.1 Å². The number of benzene rings is 2. The molecule has 7 heteroatoms. The van der Waals surface area contributed by atoms with Gasteiger partial charge in [0, 0.05) is 12.0 Å². The first kappa shape index (κ1) is 25.1. The van der Waals surface area contributed by atoms with E-state index in [1.54, 1.807) is 20.0 Å². The van der Waals surface area contributed by atoms with Crippen LogP contribution in [0.1, 0.15) is 66.6 Å². The van der Waals surface area contributed by atoms with Crippen molar-refractivity contribution in [2.75, 3.05) is 18.5 Å². The number of pyridine rings is 1. The van der Waals surface area contributed by atoms with Gasteiger partial charge in [0.1, 0.15) is 18.1 Å². The number of carboxylic acids is 1. The van der Waals surface area contributed by atoms with Gasteiger partial charge in [-0.15, -0.1) is 0 Å². The maximum absolute atomic E-state index is 11.1. The number of aryl methyl sites for hydroxylation is 2. The van der Waals surface area contributed by atoms with E-state index in [0.29, 0.717) is 12.4 Å². The molecule has 1 aliphatic carbocycles. The van der Waals surface area contributed by atoms with Gasteiger partial charge < -0.3 is 25.0 Å². The summed E-state index contributed by atoms with van der Waals surface area (Å²) in [6.07, 6.45) is 3.74. The number of rotatable bonds is 8. The Morgan fingerprint density at radius 3 is 2.68 bits per heavy atom. The Hall–Kier alpha value is -3.58. The first-order chi connectivity index (χ1) is 17.6. The van der Waals surface area contributed by atoms with Gasteiger partial charge in [0.2, 0.25) is 0 Å². The number of anilines is 1. The Balaban J connectivity index is 1.38. The summed E-state index contributed by atoms with van der Waals surface area (Å²) in [5.74, 6) is 0.395. The minimum atomic E-state index is -0.886. The Bertz CT molecular complexity index is 1320. The van der Waals surface area contributed by atoms with Crippen molar-refractivity contribution in [3.8, 4) is 22.6 Å². The minimum Gasteiger partial charge on any atom is -0.491 e. The van der Waals surface area contributed by atoms with Gasteiger partial charge in [0.05, 0.1) is 42.2 Å². The predicted octanol–water partition coefficient (Wildman–Crippen LogP) is 5.57. The van der Waals surface area contributed by atoms with Crippen LogP contribution >= 0.6 is 0 Å². The molecular weight excluding hydrogens is 468 g/mol. The molecule has 194 valence electrons. The summed E-state index contributed by atoms with van der Waals surface area (Å²) in [5, 5.41) is 22.8. The Kier molecular flexibility index (Phi) is 6.58. The van der Waals surface area contributed by atoms with Crippen molar-refractivity contribution >= 4 is 11.7 Å². The van der Waals surface area contributed by atoms with Crippen LogP contribution in [0.5, 0.6) is 11.5 Å². The van der Waals surface area contributed by atoms with Gasteiger partial charge in [-0.2, -0.15) is 0 Å². The maximum atomic E-state index is 11.1. The van der Waals surface area contributed by atoms with Crippen molar-refractivity contribution < 1.29 is 24.5 Å². The van der Waals surface area contributed by atoms with Crippen LogP contribution < -0.4 is 14.8 Å². The average molecular weight is 503 g/mol. The van der Waals surface area contributed by atoms with Crippen LogP contribution in [-0.2, 0) is 11.2 Å². The molecule has 0 saturated heterocycles. The molecule has 1 unspecified atom stereocenters. The van der Waals surface area contributed by atoms with Gasteiger partial charge in [0.15, 0.2) is 0 Å². The molecule has 2 aromatic carbocycles. The third kappa shape index (κ3) is 5.27. The van der Waals surface area contributed by atoms with Crippen LogP contribution in [0.25, 0.3) is 11.1 Å². The lowest BCUT2D eigenvalue weighted by molar-refractivity contribution is -0.137. The molecule has 0 amide bonds. The van der Waals surface area contributed by atoms with E-state index >= 15 is 0 Å². The number of aliphatic hydroxyl groups is 1. The summed E-state index contributed by atoms with van der Waals surface area (Å²) in [7, 11) is 0. The lowest BCUT2D eigenvalue weighted by Gasteiger charge is -2.21. The number of hydrogen-bond donors (Lipinski definition) is 3. The fourth-order valence-corrected chi connectivity index (χ4v) is 5.52. The highest BCUT2D eigenvalue weighted by molar-refractivity contribution is 5.77. The van der Waals surface area contributed by atoms with Gasteiger partial charge in [-0.1, -0.05) is 18.2 Å². The predicted molar refractivity (Wildman–Crippen MR) is 143 cm³/mol. The van der Waals surface area contributed by atoms with Crippen LogP contribution in [0.2, 0.25) is 0 Å². The normalized spacial score (nSPS) is 18.2. The standard InChI is InChI=1S/C30H34N2O5/c1-17-10-21(37-16-30(3,4)35)11-18(2)28(17)24-7-5-6-23-22(24)8-9-25(23)32-20-13-26-29(31-14-20)19(15-36-26)12-27(33)34/h5-7,10-11,13-14,19,25,32,35H,8-9,12,15-16H2,1-4H3,(H,33,34)/t19?,25-/m1/s1. The van der Waals surface area contributed by atoms with Crippen molar-refractivity contribution in [3.63, 3.8) is 0 Å². The molecule has 3 aromatic rings. The number of aliphatic carboxylic acids is 1. The molecule has 0 saturated carbocycles. The highest BCUT2D eigenvalue weighted by Gasteiger charge is 2.30. The van der Waals surface area contributed by atoms with E-state index in [-0.39, 0.29) is 25.0 Å². The number of fused-ring (bicyclic) bond motifs is 2. The number of hydrogen-bond acceptors (Lipinski definition) is 6. The summed E-state index contributed by atoms with van der Waals surface area (Å²) in [6, 6.07) is 12.7. The van der Waals surface area contributed by atoms with E-state index in [9.17, 15) is 9.90 Å². The Morgan fingerprint density at radius 2 is 1.97 bits per heavy atom. The summed E-state index contributed by atoms with van der Waals surface area (Å²) < 4.78 is 11.6. The number of aromatic nitrogens is 1. The molecule has 0 fully saturated rings. The van der Waals surface area contributed by atoms with E-state index < -0.39 is 11.6 Å². The molecular formula is C30H34N2O5. The molecule has 1 aromatic heterocycles. The molecule has 0 radical (unpaired) electrons. The zero-order valence-electron chi connectivity index (χ0n) is 21.8. The second-order valence-corrected chi connectivity index (χ2v) is 10.9. The quantitative estimate of drug-likeness (QED) is 0.370. The van der Waals surface area contributed by atoms with E-state index in [1.807, 2.05) is 18.2 Å². The fourth-order valence-electron chi connectivity index (χ4n) is 5.52. The van der Waals surface area contributed by atoms with Gasteiger partial charge in [-0.3, -0.25) is 9.78 Å². The average Bonchev–Trinajstić information content (AvgIpc) is 3.41. The first-order valence-electron chi connectivity index (χ1n) is 12.8. The molecule has 5 rings (SSSR count). The Morgan fingerprint density at radius 1 is 1.22 bits per heavy atom. The van der Waals surface area contributed by atoms with Crippen LogP contribution in [0.15, 0.2) is 42.6 Å². The summed E-state index contributed by atoms with van der Waals surface area (Å²) in [5.41, 5.74) is 8.11. The number of nitrogens with one attached hydrogen (secondary N) is 1. The van der Waals surface area contributed by atoms with E-state index in [1.165, 1.54) is 22.3 Å². The fraction of sp³-hybridized carbons (Fsp3) is 0.400. The van der Waals surface area contributed by atoms with Gasteiger partial charge in [-0.25, -0.2) is 0 Å². The number of ether oxygens (including phenoxy) is 2. The van der Waals surface area contributed by atoms with Crippen LogP contribution in [0, 0.1) is 13.8 Å². The molecule has 1 aliphatic heterocycles. The molecule has 0 spiro atoms. The highest BCUT2D eigenvalue weighted by atomic mass is 16.5. The van der Waals surface area contributed by atoms with Crippen molar-refractivity contribution in [3.05, 3.63) is 70.5 Å². The SMILES string of the molecule is Cc1cc(OCC(C)(C)O)cc(C)c1-c1cccc2c1CC[C@H]2Nc1cnc2c(c1)OCC2CC(=O)O. The van der Waals surface area contributed by atoms with E-state index in [4.69, 9.17) is 14.6 Å². The number of carbonyl (C=O) groups is 1.